The van der Waals surface area contributed by atoms with E-state index in [0.717, 1.165) is 0 Å². The molecule has 1 aromatic rings. The Bertz CT molecular complexity index is 492. The summed E-state index contributed by atoms with van der Waals surface area (Å²) in [4.78, 5) is 24.2. The lowest BCUT2D eigenvalue weighted by Gasteiger charge is -2.21. The number of nitrogens with one attached hydrogen (secondary N) is 1. The predicted octanol–water partition coefficient (Wildman–Crippen LogP) is 0.725. The summed E-state index contributed by atoms with van der Waals surface area (Å²) in [7, 11) is 0. The number of hydrogen-bond donors (Lipinski definition) is 3. The van der Waals surface area contributed by atoms with Crippen LogP contribution < -0.4 is 11.3 Å². The van der Waals surface area contributed by atoms with E-state index in [9.17, 15) is 14.9 Å². The monoisotopic (exact) mass is 282 g/mol. The van der Waals surface area contributed by atoms with E-state index in [1.165, 1.54) is 23.1 Å². The Labute approximate surface area is 116 Å². The number of nitro benzene ring substituents is 1. The number of nitrogens with zero attached hydrogens (tertiary/aromatic N) is 2. The molecule has 0 saturated heterocycles. The zero-order chi connectivity index (χ0) is 15.1. The van der Waals surface area contributed by atoms with E-state index >= 15 is 0 Å². The minimum atomic E-state index is -0.601. The average molecular weight is 282 g/mol. The molecular formula is C12H18N4O4. The standard InChI is InChI=1S/C12H18N4O4/c1-2-15(7-4-8-17)12(18)9-5-3-6-10(16(19)20)11(9)14-13/h3,5-6,14,17H,2,4,7-8,13H2,1H3. The third-order valence-electron chi connectivity index (χ3n) is 2.87. The molecule has 0 bridgehead atoms. The summed E-state index contributed by atoms with van der Waals surface area (Å²) in [5.41, 5.74) is 2.10. The summed E-state index contributed by atoms with van der Waals surface area (Å²) in [6, 6.07) is 4.19. The Hall–Kier alpha value is -2.19. The SMILES string of the molecule is CCN(CCCO)C(=O)c1cccc([N+](=O)[O-])c1NN. The number of aliphatic hydroxyl groups is 1. The van der Waals surface area contributed by atoms with Gasteiger partial charge in [0.25, 0.3) is 11.6 Å². The second kappa shape index (κ2) is 7.41. The summed E-state index contributed by atoms with van der Waals surface area (Å²) in [6.07, 6.45) is 0.444. The first kappa shape index (κ1) is 15.9. The first-order valence-electron chi connectivity index (χ1n) is 6.20. The van der Waals surface area contributed by atoms with Crippen molar-refractivity contribution in [1.29, 1.82) is 0 Å². The van der Waals surface area contributed by atoms with Crippen molar-refractivity contribution >= 4 is 17.3 Å². The Balaban J connectivity index is 3.14. The number of rotatable bonds is 7. The average Bonchev–Trinajstić information content (AvgIpc) is 2.46. The van der Waals surface area contributed by atoms with Gasteiger partial charge in [-0.2, -0.15) is 0 Å². The van der Waals surface area contributed by atoms with Gasteiger partial charge in [-0.1, -0.05) is 6.07 Å². The molecule has 0 heterocycles. The highest BCUT2D eigenvalue weighted by Gasteiger charge is 2.23. The van der Waals surface area contributed by atoms with E-state index in [1.54, 1.807) is 6.92 Å². The van der Waals surface area contributed by atoms with Crippen LogP contribution in [0.2, 0.25) is 0 Å². The van der Waals surface area contributed by atoms with Crippen molar-refractivity contribution in [3.05, 3.63) is 33.9 Å². The molecule has 0 aliphatic heterocycles. The zero-order valence-electron chi connectivity index (χ0n) is 11.2. The molecule has 0 aliphatic carbocycles. The molecule has 110 valence electrons. The van der Waals surface area contributed by atoms with E-state index in [4.69, 9.17) is 10.9 Å². The molecule has 0 aliphatic rings. The zero-order valence-corrected chi connectivity index (χ0v) is 11.2. The smallest absolute Gasteiger partial charge is 0.294 e. The molecule has 1 rings (SSSR count). The lowest BCUT2D eigenvalue weighted by Crippen LogP contribution is -2.33. The van der Waals surface area contributed by atoms with Crippen LogP contribution in [0, 0.1) is 10.1 Å². The molecule has 0 aromatic heterocycles. The number of amides is 1. The number of anilines is 1. The molecular weight excluding hydrogens is 264 g/mol. The van der Waals surface area contributed by atoms with Gasteiger partial charge in [-0.15, -0.1) is 0 Å². The van der Waals surface area contributed by atoms with Crippen LogP contribution in [-0.2, 0) is 0 Å². The van der Waals surface area contributed by atoms with Gasteiger partial charge in [0.15, 0.2) is 0 Å². The quantitative estimate of drug-likeness (QED) is 0.385. The maximum Gasteiger partial charge on any atom is 0.294 e. The number of hydrogen-bond acceptors (Lipinski definition) is 6. The number of carbonyl (C=O) groups is 1. The van der Waals surface area contributed by atoms with Gasteiger partial charge < -0.3 is 15.4 Å². The van der Waals surface area contributed by atoms with Gasteiger partial charge in [-0.25, -0.2) is 0 Å². The number of nitro groups is 1. The number of benzene rings is 1. The lowest BCUT2D eigenvalue weighted by atomic mass is 10.1. The molecule has 8 nitrogen and oxygen atoms in total. The maximum atomic E-state index is 12.4. The van der Waals surface area contributed by atoms with Gasteiger partial charge in [0.1, 0.15) is 5.69 Å². The van der Waals surface area contributed by atoms with E-state index < -0.39 is 4.92 Å². The molecule has 0 atom stereocenters. The van der Waals surface area contributed by atoms with Crippen LogP contribution in [0.1, 0.15) is 23.7 Å². The number of carbonyl (C=O) groups excluding carboxylic acids is 1. The minimum absolute atomic E-state index is 0.00931. The molecule has 0 radical (unpaired) electrons. The summed E-state index contributed by atoms with van der Waals surface area (Å²) in [6.45, 7) is 2.58. The van der Waals surface area contributed by atoms with Gasteiger partial charge >= 0.3 is 0 Å². The van der Waals surface area contributed by atoms with Gasteiger partial charge in [-0.05, 0) is 19.4 Å². The van der Waals surface area contributed by atoms with Crippen molar-refractivity contribution < 1.29 is 14.8 Å². The fourth-order valence-corrected chi connectivity index (χ4v) is 1.86. The molecule has 1 amide bonds. The van der Waals surface area contributed by atoms with Crippen LogP contribution in [0.25, 0.3) is 0 Å². The highest BCUT2D eigenvalue weighted by Crippen LogP contribution is 2.28. The van der Waals surface area contributed by atoms with Crippen LogP contribution in [0.4, 0.5) is 11.4 Å². The maximum absolute atomic E-state index is 12.4. The third-order valence-corrected chi connectivity index (χ3v) is 2.87. The molecule has 0 fully saturated rings. The Kier molecular flexibility index (Phi) is 5.88. The molecule has 0 spiro atoms. The molecule has 4 N–H and O–H groups in total. The van der Waals surface area contributed by atoms with E-state index in [1.807, 2.05) is 0 Å². The number of nitrogen functional groups attached to an aromatic ring is 1. The van der Waals surface area contributed by atoms with Crippen molar-refractivity contribution in [3.8, 4) is 0 Å². The van der Waals surface area contributed by atoms with E-state index in [-0.39, 0.29) is 29.5 Å². The molecule has 1 aromatic carbocycles. The highest BCUT2D eigenvalue weighted by molar-refractivity contribution is 6.01. The number of nitrogens with two attached hydrogens (primary N) is 1. The minimum Gasteiger partial charge on any atom is -0.396 e. The fraction of sp³-hybridized carbons (Fsp3) is 0.417. The second-order valence-corrected chi connectivity index (χ2v) is 4.06. The Morgan fingerprint density at radius 2 is 2.25 bits per heavy atom. The largest absolute Gasteiger partial charge is 0.396 e. The first-order valence-corrected chi connectivity index (χ1v) is 6.20. The van der Waals surface area contributed by atoms with Crippen molar-refractivity contribution in [2.45, 2.75) is 13.3 Å². The van der Waals surface area contributed by atoms with Crippen LogP contribution in [-0.4, -0.2) is 40.5 Å². The normalized spacial score (nSPS) is 10.2. The van der Waals surface area contributed by atoms with Gasteiger partial charge in [0.2, 0.25) is 0 Å². The molecule has 8 heteroatoms. The van der Waals surface area contributed by atoms with Crippen LogP contribution >= 0.6 is 0 Å². The summed E-state index contributed by atoms with van der Waals surface area (Å²) >= 11 is 0. The number of aliphatic hydroxyl groups excluding tert-OH is 1. The van der Waals surface area contributed by atoms with Crippen molar-refractivity contribution in [3.63, 3.8) is 0 Å². The third kappa shape index (κ3) is 3.43. The molecule has 0 saturated carbocycles. The van der Waals surface area contributed by atoms with Gasteiger partial charge in [0.05, 0.1) is 10.5 Å². The first-order chi connectivity index (χ1) is 9.56. The topological polar surface area (TPSA) is 122 Å². The fourth-order valence-electron chi connectivity index (χ4n) is 1.86. The molecule has 20 heavy (non-hydrogen) atoms. The van der Waals surface area contributed by atoms with Crippen LogP contribution in [0.3, 0.4) is 0 Å². The number of para-hydroxylation sites is 1. The number of hydrazine groups is 1. The predicted molar refractivity (Wildman–Crippen MR) is 74.2 cm³/mol. The summed E-state index contributed by atoms with van der Waals surface area (Å²) in [5.74, 6) is 4.94. The van der Waals surface area contributed by atoms with Crippen LogP contribution in [0.5, 0.6) is 0 Å². The lowest BCUT2D eigenvalue weighted by molar-refractivity contribution is -0.384. The Morgan fingerprint density at radius 1 is 1.55 bits per heavy atom. The highest BCUT2D eigenvalue weighted by atomic mass is 16.6. The second-order valence-electron chi connectivity index (χ2n) is 4.06. The van der Waals surface area contributed by atoms with Crippen LogP contribution in [0.15, 0.2) is 18.2 Å². The van der Waals surface area contributed by atoms with Gasteiger partial charge in [-0.3, -0.25) is 20.8 Å². The van der Waals surface area contributed by atoms with Crippen molar-refractivity contribution in [1.82, 2.24) is 4.90 Å². The van der Waals surface area contributed by atoms with E-state index in [0.29, 0.717) is 19.5 Å². The van der Waals surface area contributed by atoms with Crippen molar-refractivity contribution in [2.24, 2.45) is 5.84 Å². The van der Waals surface area contributed by atoms with Crippen molar-refractivity contribution in [2.75, 3.05) is 25.1 Å². The summed E-state index contributed by atoms with van der Waals surface area (Å²) in [5, 5.41) is 19.7. The summed E-state index contributed by atoms with van der Waals surface area (Å²) < 4.78 is 0. The Morgan fingerprint density at radius 3 is 2.75 bits per heavy atom. The molecule has 0 unspecified atom stereocenters. The van der Waals surface area contributed by atoms with Gasteiger partial charge in [0, 0.05) is 25.8 Å². The van der Waals surface area contributed by atoms with E-state index in [2.05, 4.69) is 5.43 Å².